The van der Waals surface area contributed by atoms with E-state index in [4.69, 9.17) is 5.73 Å². The Morgan fingerprint density at radius 2 is 2.10 bits per heavy atom. The average Bonchev–Trinajstić information content (AvgIpc) is 3.12. The molecule has 1 amide bonds. The number of hydrogen-bond acceptors (Lipinski definition) is 5. The van der Waals surface area contributed by atoms with Gasteiger partial charge in [-0.3, -0.25) is 4.79 Å². The van der Waals surface area contributed by atoms with Gasteiger partial charge >= 0.3 is 0 Å². The third kappa shape index (κ3) is 2.84. The number of anilines is 2. The highest BCUT2D eigenvalue weighted by atomic mass is 16.2. The Balaban J connectivity index is 1.69. The van der Waals surface area contributed by atoms with Crippen LogP contribution in [0, 0.1) is 0 Å². The maximum atomic E-state index is 12.2. The first-order valence-corrected chi connectivity index (χ1v) is 7.27. The summed E-state index contributed by atoms with van der Waals surface area (Å²) >= 11 is 0. The molecule has 6 nitrogen and oxygen atoms in total. The largest absolute Gasteiger partial charge is 0.384 e. The number of likely N-dealkylation sites (tertiary alicyclic amines) is 1. The fourth-order valence-electron chi connectivity index (χ4n) is 2.54. The van der Waals surface area contributed by atoms with Crippen molar-refractivity contribution in [2.45, 2.75) is 31.6 Å². The molecule has 1 saturated carbocycles. The standard InChI is InChI=1S/C14H21N5O/c1-18(9-13(20)19-6-2-3-7-19)12-8-11(15)16-14(17-12)10-4-5-10/h8,10H,2-7,9H2,1H3,(H2,15,16,17). The molecule has 1 saturated heterocycles. The molecule has 2 fully saturated rings. The molecule has 108 valence electrons. The predicted molar refractivity (Wildman–Crippen MR) is 77.5 cm³/mol. The van der Waals surface area contributed by atoms with Crippen molar-refractivity contribution in [2.24, 2.45) is 0 Å². The summed E-state index contributed by atoms with van der Waals surface area (Å²) in [6, 6.07) is 1.74. The van der Waals surface area contributed by atoms with Crippen LogP contribution in [0.1, 0.15) is 37.4 Å². The molecular formula is C14H21N5O. The van der Waals surface area contributed by atoms with Gasteiger partial charge in [0.25, 0.3) is 0 Å². The second kappa shape index (κ2) is 5.26. The zero-order chi connectivity index (χ0) is 14.1. The molecule has 2 heterocycles. The van der Waals surface area contributed by atoms with E-state index in [0.29, 0.717) is 18.3 Å². The minimum absolute atomic E-state index is 0.162. The summed E-state index contributed by atoms with van der Waals surface area (Å²) in [6.07, 6.45) is 4.50. The van der Waals surface area contributed by atoms with Gasteiger partial charge in [0.2, 0.25) is 5.91 Å². The Kier molecular flexibility index (Phi) is 3.46. The number of nitrogen functional groups attached to an aromatic ring is 1. The molecule has 1 aromatic heterocycles. The zero-order valence-corrected chi connectivity index (χ0v) is 11.9. The summed E-state index contributed by atoms with van der Waals surface area (Å²) in [5, 5.41) is 0. The van der Waals surface area contributed by atoms with Crippen molar-refractivity contribution in [1.82, 2.24) is 14.9 Å². The summed E-state index contributed by atoms with van der Waals surface area (Å²) in [7, 11) is 1.88. The smallest absolute Gasteiger partial charge is 0.242 e. The summed E-state index contributed by atoms with van der Waals surface area (Å²) in [6.45, 7) is 2.11. The van der Waals surface area contributed by atoms with Crippen LogP contribution in [0.4, 0.5) is 11.6 Å². The van der Waals surface area contributed by atoms with Crippen molar-refractivity contribution in [3.63, 3.8) is 0 Å². The van der Waals surface area contributed by atoms with Gasteiger partial charge in [0.05, 0.1) is 6.54 Å². The van der Waals surface area contributed by atoms with Crippen molar-refractivity contribution in [2.75, 3.05) is 37.3 Å². The number of carbonyl (C=O) groups excluding carboxylic acids is 1. The third-order valence-electron chi connectivity index (χ3n) is 3.91. The van der Waals surface area contributed by atoms with Gasteiger partial charge in [-0.2, -0.15) is 0 Å². The van der Waals surface area contributed by atoms with Crippen LogP contribution in [0.2, 0.25) is 0 Å². The number of rotatable bonds is 4. The SMILES string of the molecule is CN(CC(=O)N1CCCC1)c1cc(N)nc(C2CC2)n1. The van der Waals surface area contributed by atoms with E-state index >= 15 is 0 Å². The molecule has 2 aliphatic rings. The minimum Gasteiger partial charge on any atom is -0.384 e. The van der Waals surface area contributed by atoms with Crippen molar-refractivity contribution in [3.05, 3.63) is 11.9 Å². The summed E-state index contributed by atoms with van der Waals surface area (Å²) < 4.78 is 0. The Morgan fingerprint density at radius 1 is 1.40 bits per heavy atom. The fourth-order valence-corrected chi connectivity index (χ4v) is 2.54. The molecule has 0 bridgehead atoms. The number of nitrogens with zero attached hydrogens (tertiary/aromatic N) is 4. The van der Waals surface area contributed by atoms with Crippen molar-refractivity contribution in [1.29, 1.82) is 0 Å². The molecule has 0 unspecified atom stereocenters. The summed E-state index contributed by atoms with van der Waals surface area (Å²) in [5.41, 5.74) is 5.84. The predicted octanol–water partition coefficient (Wildman–Crippen LogP) is 0.995. The number of nitrogens with two attached hydrogens (primary N) is 1. The van der Waals surface area contributed by atoms with Gasteiger partial charge in [-0.05, 0) is 25.7 Å². The van der Waals surface area contributed by atoms with Crippen LogP contribution in [0.25, 0.3) is 0 Å². The molecule has 1 aromatic rings. The van der Waals surface area contributed by atoms with E-state index in [1.807, 2.05) is 16.8 Å². The molecule has 0 spiro atoms. The van der Waals surface area contributed by atoms with E-state index in [9.17, 15) is 4.79 Å². The van der Waals surface area contributed by atoms with Gasteiger partial charge < -0.3 is 15.5 Å². The summed E-state index contributed by atoms with van der Waals surface area (Å²) in [4.78, 5) is 24.8. The van der Waals surface area contributed by atoms with Gasteiger partial charge in [0, 0.05) is 32.1 Å². The van der Waals surface area contributed by atoms with Crippen LogP contribution in [0.3, 0.4) is 0 Å². The van der Waals surface area contributed by atoms with E-state index < -0.39 is 0 Å². The first-order valence-electron chi connectivity index (χ1n) is 7.27. The van der Waals surface area contributed by atoms with Gasteiger partial charge in [0.1, 0.15) is 17.5 Å². The second-order valence-electron chi connectivity index (χ2n) is 5.73. The number of amides is 1. The van der Waals surface area contributed by atoms with Gasteiger partial charge in [0.15, 0.2) is 0 Å². The van der Waals surface area contributed by atoms with Crippen molar-refractivity contribution < 1.29 is 4.79 Å². The van der Waals surface area contributed by atoms with E-state index in [-0.39, 0.29) is 5.91 Å². The molecule has 0 atom stereocenters. The molecule has 1 aliphatic carbocycles. The molecule has 3 rings (SSSR count). The van der Waals surface area contributed by atoms with Gasteiger partial charge in [-0.1, -0.05) is 0 Å². The van der Waals surface area contributed by atoms with Crippen LogP contribution in [0.5, 0.6) is 0 Å². The highest BCUT2D eigenvalue weighted by Crippen LogP contribution is 2.38. The molecule has 0 aromatic carbocycles. The maximum Gasteiger partial charge on any atom is 0.242 e. The van der Waals surface area contributed by atoms with E-state index in [1.54, 1.807) is 6.07 Å². The Morgan fingerprint density at radius 3 is 2.75 bits per heavy atom. The highest BCUT2D eigenvalue weighted by Gasteiger charge is 2.28. The van der Waals surface area contributed by atoms with E-state index in [0.717, 1.165) is 50.4 Å². The second-order valence-corrected chi connectivity index (χ2v) is 5.73. The molecule has 20 heavy (non-hydrogen) atoms. The minimum atomic E-state index is 0.162. The first kappa shape index (κ1) is 13.1. The topological polar surface area (TPSA) is 75.4 Å². The number of aromatic nitrogens is 2. The van der Waals surface area contributed by atoms with Crippen LogP contribution in [-0.2, 0) is 4.79 Å². The molecular weight excluding hydrogens is 254 g/mol. The lowest BCUT2D eigenvalue weighted by molar-refractivity contribution is -0.128. The monoisotopic (exact) mass is 275 g/mol. The quantitative estimate of drug-likeness (QED) is 0.887. The van der Waals surface area contributed by atoms with Gasteiger partial charge in [-0.25, -0.2) is 9.97 Å². The van der Waals surface area contributed by atoms with Crippen molar-refractivity contribution >= 4 is 17.5 Å². The van der Waals surface area contributed by atoms with E-state index in [2.05, 4.69) is 9.97 Å². The lowest BCUT2D eigenvalue weighted by atomic mass is 10.3. The van der Waals surface area contributed by atoms with Crippen LogP contribution in [0.15, 0.2) is 6.07 Å². The Bertz CT molecular complexity index is 508. The lowest BCUT2D eigenvalue weighted by Crippen LogP contribution is -2.37. The number of likely N-dealkylation sites (N-methyl/N-ethyl adjacent to an activating group) is 1. The molecule has 1 aliphatic heterocycles. The van der Waals surface area contributed by atoms with Crippen molar-refractivity contribution in [3.8, 4) is 0 Å². The summed E-state index contributed by atoms with van der Waals surface area (Å²) in [5.74, 6) is 2.67. The lowest BCUT2D eigenvalue weighted by Gasteiger charge is -2.22. The number of carbonyl (C=O) groups is 1. The van der Waals surface area contributed by atoms with Crippen LogP contribution in [-0.4, -0.2) is 47.5 Å². The number of hydrogen-bond donors (Lipinski definition) is 1. The Labute approximate surface area is 119 Å². The fraction of sp³-hybridized carbons (Fsp3) is 0.643. The highest BCUT2D eigenvalue weighted by molar-refractivity contribution is 5.81. The third-order valence-corrected chi connectivity index (χ3v) is 3.91. The molecule has 0 radical (unpaired) electrons. The molecule has 6 heteroatoms. The van der Waals surface area contributed by atoms with Crippen LogP contribution >= 0.6 is 0 Å². The average molecular weight is 275 g/mol. The Hall–Kier alpha value is -1.85. The molecule has 2 N–H and O–H groups in total. The van der Waals surface area contributed by atoms with E-state index in [1.165, 1.54) is 0 Å². The van der Waals surface area contributed by atoms with Gasteiger partial charge in [-0.15, -0.1) is 0 Å². The first-order chi connectivity index (χ1) is 9.63. The van der Waals surface area contributed by atoms with Crippen LogP contribution < -0.4 is 10.6 Å². The maximum absolute atomic E-state index is 12.2. The zero-order valence-electron chi connectivity index (χ0n) is 11.9. The normalized spacial score (nSPS) is 18.4.